The van der Waals surface area contributed by atoms with Crippen LogP contribution in [-0.4, -0.2) is 29.1 Å². The Morgan fingerprint density at radius 3 is 2.84 bits per heavy atom. The standard InChI is InChI=1S/C15H22O4/c1-11(2)19-15(18)8-6-4-3-5-7-12-9-13(16)10-14(12)17/h3,5,9,11,13,16H,4,6-8,10H2,1-2H3/t13-/m0/s1. The molecule has 0 bridgehead atoms. The van der Waals surface area contributed by atoms with Gasteiger partial charge < -0.3 is 9.84 Å². The van der Waals surface area contributed by atoms with Crippen LogP contribution in [0.2, 0.25) is 0 Å². The average Bonchev–Trinajstić information content (AvgIpc) is 2.61. The van der Waals surface area contributed by atoms with Gasteiger partial charge in [-0.1, -0.05) is 12.2 Å². The van der Waals surface area contributed by atoms with Crippen molar-refractivity contribution in [2.75, 3.05) is 0 Å². The third-order valence-corrected chi connectivity index (χ3v) is 2.77. The fourth-order valence-electron chi connectivity index (χ4n) is 1.90. The number of allylic oxidation sites excluding steroid dienone is 3. The normalized spacial score (nSPS) is 19.3. The van der Waals surface area contributed by atoms with Crippen molar-refractivity contribution in [1.82, 2.24) is 0 Å². The van der Waals surface area contributed by atoms with Crippen molar-refractivity contribution >= 4 is 11.8 Å². The van der Waals surface area contributed by atoms with Gasteiger partial charge in [0.15, 0.2) is 5.78 Å². The zero-order chi connectivity index (χ0) is 14.3. The fraction of sp³-hybridized carbons (Fsp3) is 0.600. The van der Waals surface area contributed by atoms with Gasteiger partial charge >= 0.3 is 5.97 Å². The molecule has 0 amide bonds. The highest BCUT2D eigenvalue weighted by Gasteiger charge is 2.20. The van der Waals surface area contributed by atoms with Gasteiger partial charge in [-0.05, 0) is 44.8 Å². The zero-order valence-corrected chi connectivity index (χ0v) is 11.6. The highest BCUT2D eigenvalue weighted by atomic mass is 16.5. The van der Waals surface area contributed by atoms with Crippen LogP contribution in [0.1, 0.15) is 46.0 Å². The van der Waals surface area contributed by atoms with Gasteiger partial charge in [0.25, 0.3) is 0 Å². The SMILES string of the molecule is CC(C)OC(=O)CCCC=CCC1=C[C@H](O)CC1=O. The molecular weight excluding hydrogens is 244 g/mol. The number of aliphatic hydroxyl groups excluding tert-OH is 1. The number of rotatable bonds is 7. The van der Waals surface area contributed by atoms with E-state index in [0.717, 1.165) is 12.8 Å². The highest BCUT2D eigenvalue weighted by molar-refractivity contribution is 5.98. The van der Waals surface area contributed by atoms with Crippen molar-refractivity contribution in [3.63, 3.8) is 0 Å². The molecule has 0 aliphatic heterocycles. The van der Waals surface area contributed by atoms with Crippen molar-refractivity contribution in [3.05, 3.63) is 23.8 Å². The molecule has 1 aliphatic rings. The lowest BCUT2D eigenvalue weighted by Gasteiger charge is -2.06. The summed E-state index contributed by atoms with van der Waals surface area (Å²) in [6.45, 7) is 3.66. The minimum absolute atomic E-state index is 0.0256. The predicted molar refractivity (Wildman–Crippen MR) is 72.5 cm³/mol. The summed E-state index contributed by atoms with van der Waals surface area (Å²) in [4.78, 5) is 22.6. The molecule has 106 valence electrons. The Hall–Kier alpha value is -1.42. The van der Waals surface area contributed by atoms with E-state index >= 15 is 0 Å². The van der Waals surface area contributed by atoms with Crippen molar-refractivity contribution < 1.29 is 19.4 Å². The second-order valence-electron chi connectivity index (χ2n) is 4.99. The monoisotopic (exact) mass is 266 g/mol. The van der Waals surface area contributed by atoms with Crippen molar-refractivity contribution in [2.45, 2.75) is 58.2 Å². The van der Waals surface area contributed by atoms with Crippen molar-refractivity contribution in [1.29, 1.82) is 0 Å². The quantitative estimate of drug-likeness (QED) is 0.436. The average molecular weight is 266 g/mol. The van der Waals surface area contributed by atoms with E-state index in [9.17, 15) is 14.7 Å². The van der Waals surface area contributed by atoms with Gasteiger partial charge in [0.1, 0.15) is 0 Å². The summed E-state index contributed by atoms with van der Waals surface area (Å²) in [6, 6.07) is 0. The molecule has 1 rings (SSSR count). The van der Waals surface area contributed by atoms with Crippen LogP contribution in [0.3, 0.4) is 0 Å². The second-order valence-corrected chi connectivity index (χ2v) is 4.99. The molecule has 1 atom stereocenters. The Bertz CT molecular complexity index is 380. The molecule has 4 heteroatoms. The Morgan fingerprint density at radius 1 is 1.53 bits per heavy atom. The largest absolute Gasteiger partial charge is 0.463 e. The Kier molecular flexibility index (Phi) is 6.50. The molecule has 1 aliphatic carbocycles. The number of hydrogen-bond acceptors (Lipinski definition) is 4. The van der Waals surface area contributed by atoms with Gasteiger partial charge in [0.2, 0.25) is 0 Å². The first-order valence-electron chi connectivity index (χ1n) is 6.75. The van der Waals surface area contributed by atoms with E-state index in [4.69, 9.17) is 4.74 Å². The molecule has 0 radical (unpaired) electrons. The summed E-state index contributed by atoms with van der Waals surface area (Å²) in [6.07, 6.45) is 7.55. The molecule has 4 nitrogen and oxygen atoms in total. The number of esters is 1. The fourth-order valence-corrected chi connectivity index (χ4v) is 1.90. The lowest BCUT2D eigenvalue weighted by Crippen LogP contribution is -2.10. The number of ether oxygens (including phenoxy) is 1. The number of hydrogen-bond donors (Lipinski definition) is 1. The van der Waals surface area contributed by atoms with E-state index in [1.54, 1.807) is 6.08 Å². The molecule has 19 heavy (non-hydrogen) atoms. The van der Waals surface area contributed by atoms with Crippen LogP contribution >= 0.6 is 0 Å². The van der Waals surface area contributed by atoms with Gasteiger partial charge in [-0.15, -0.1) is 0 Å². The minimum atomic E-state index is -0.610. The number of unbranched alkanes of at least 4 members (excludes halogenated alkanes) is 1. The maximum Gasteiger partial charge on any atom is 0.306 e. The molecule has 0 unspecified atom stereocenters. The van der Waals surface area contributed by atoms with Crippen LogP contribution in [0, 0.1) is 0 Å². The lowest BCUT2D eigenvalue weighted by molar-refractivity contribution is -0.147. The number of aliphatic hydroxyl groups is 1. The molecule has 0 aromatic carbocycles. The summed E-state index contributed by atoms with van der Waals surface area (Å²) < 4.78 is 5.02. The molecule has 0 fully saturated rings. The van der Waals surface area contributed by atoms with E-state index in [2.05, 4.69) is 0 Å². The van der Waals surface area contributed by atoms with Gasteiger partial charge in [0, 0.05) is 12.8 Å². The van der Waals surface area contributed by atoms with Crippen LogP contribution in [-0.2, 0) is 14.3 Å². The van der Waals surface area contributed by atoms with Crippen LogP contribution in [0.4, 0.5) is 0 Å². The van der Waals surface area contributed by atoms with Gasteiger partial charge in [-0.25, -0.2) is 0 Å². The van der Waals surface area contributed by atoms with Gasteiger partial charge in [-0.3, -0.25) is 9.59 Å². The minimum Gasteiger partial charge on any atom is -0.463 e. The number of carbonyl (C=O) groups excluding carboxylic acids is 2. The highest BCUT2D eigenvalue weighted by Crippen LogP contribution is 2.18. The third-order valence-electron chi connectivity index (χ3n) is 2.77. The molecule has 0 saturated carbocycles. The van der Waals surface area contributed by atoms with Gasteiger partial charge in [0.05, 0.1) is 12.2 Å². The number of Topliss-reactive ketones (excluding diaryl/α,β-unsaturated/α-hetero) is 1. The maximum absolute atomic E-state index is 11.4. The third kappa shape index (κ3) is 6.34. The Labute approximate surface area is 114 Å². The van der Waals surface area contributed by atoms with Crippen LogP contribution < -0.4 is 0 Å². The van der Waals surface area contributed by atoms with Crippen LogP contribution in [0.5, 0.6) is 0 Å². The van der Waals surface area contributed by atoms with E-state index in [1.165, 1.54) is 0 Å². The molecule has 1 N–H and O–H groups in total. The molecule has 0 saturated heterocycles. The molecule has 0 spiro atoms. The van der Waals surface area contributed by atoms with E-state index < -0.39 is 6.10 Å². The molecule has 0 heterocycles. The second kappa shape index (κ2) is 7.89. The Morgan fingerprint density at radius 2 is 2.26 bits per heavy atom. The lowest BCUT2D eigenvalue weighted by atomic mass is 10.1. The molecular formula is C15H22O4. The van der Waals surface area contributed by atoms with Crippen LogP contribution in [0.25, 0.3) is 0 Å². The molecule has 0 aromatic rings. The van der Waals surface area contributed by atoms with Crippen LogP contribution in [0.15, 0.2) is 23.8 Å². The maximum atomic E-state index is 11.4. The Balaban J connectivity index is 2.13. The van der Waals surface area contributed by atoms with Gasteiger partial charge in [-0.2, -0.15) is 0 Å². The van der Waals surface area contributed by atoms with E-state index in [1.807, 2.05) is 26.0 Å². The van der Waals surface area contributed by atoms with Crippen molar-refractivity contribution in [2.24, 2.45) is 0 Å². The number of ketones is 1. The van der Waals surface area contributed by atoms with E-state index in [0.29, 0.717) is 18.4 Å². The first-order valence-corrected chi connectivity index (χ1v) is 6.75. The molecule has 0 aromatic heterocycles. The summed E-state index contributed by atoms with van der Waals surface area (Å²) in [5.41, 5.74) is 0.683. The summed E-state index contributed by atoms with van der Waals surface area (Å²) in [7, 11) is 0. The van der Waals surface area contributed by atoms with Crippen molar-refractivity contribution in [3.8, 4) is 0 Å². The zero-order valence-electron chi connectivity index (χ0n) is 11.6. The first-order chi connectivity index (χ1) is 8.99. The topological polar surface area (TPSA) is 63.6 Å². The summed E-state index contributed by atoms with van der Waals surface area (Å²) >= 11 is 0. The number of carbonyl (C=O) groups is 2. The van der Waals surface area contributed by atoms with E-state index in [-0.39, 0.29) is 24.3 Å². The summed E-state index contributed by atoms with van der Waals surface area (Å²) in [5.74, 6) is -0.141. The summed E-state index contributed by atoms with van der Waals surface area (Å²) in [5, 5.41) is 9.27. The first kappa shape index (κ1) is 15.6. The smallest absolute Gasteiger partial charge is 0.306 e. The predicted octanol–water partition coefficient (Wildman–Crippen LogP) is 2.31.